The van der Waals surface area contributed by atoms with Crippen molar-refractivity contribution < 1.29 is 18.7 Å². The number of hydrogen-bond donors (Lipinski definition) is 1. The summed E-state index contributed by atoms with van der Waals surface area (Å²) in [6.45, 7) is 9.01. The van der Waals surface area contributed by atoms with E-state index in [0.29, 0.717) is 25.3 Å². The van der Waals surface area contributed by atoms with Gasteiger partial charge < -0.3 is 14.8 Å². The molecule has 1 N–H and O–H groups in total. The monoisotopic (exact) mass is 373 g/mol. The van der Waals surface area contributed by atoms with Gasteiger partial charge in [0.1, 0.15) is 23.9 Å². The van der Waals surface area contributed by atoms with Gasteiger partial charge in [0.05, 0.1) is 6.54 Å². The molecule has 0 heterocycles. The van der Waals surface area contributed by atoms with Gasteiger partial charge in [-0.15, -0.1) is 0 Å². The lowest BCUT2D eigenvalue weighted by atomic mass is 9.86. The largest absolute Gasteiger partial charge is 0.491 e. The van der Waals surface area contributed by atoms with Crippen LogP contribution in [0.1, 0.15) is 39.7 Å². The third-order valence-electron chi connectivity index (χ3n) is 4.11. The van der Waals surface area contributed by atoms with Gasteiger partial charge in [-0.25, -0.2) is 4.39 Å². The average molecular weight is 373 g/mol. The molecule has 0 aromatic heterocycles. The number of amides is 1. The van der Waals surface area contributed by atoms with Crippen molar-refractivity contribution in [2.45, 2.75) is 45.6 Å². The van der Waals surface area contributed by atoms with E-state index in [1.807, 2.05) is 25.1 Å². The second kappa shape index (κ2) is 9.40. The van der Waals surface area contributed by atoms with Crippen LogP contribution in [0.4, 0.5) is 4.39 Å². The highest BCUT2D eigenvalue weighted by Crippen LogP contribution is 2.30. The molecule has 0 saturated heterocycles. The Balaban J connectivity index is 1.84. The Morgan fingerprint density at radius 1 is 1.11 bits per heavy atom. The smallest absolute Gasteiger partial charge is 0.261 e. The first-order chi connectivity index (χ1) is 12.8. The summed E-state index contributed by atoms with van der Waals surface area (Å²) in [5.41, 5.74) is 1.11. The highest BCUT2D eigenvalue weighted by atomic mass is 19.1. The molecule has 0 saturated carbocycles. The van der Waals surface area contributed by atoms with Gasteiger partial charge in [0.15, 0.2) is 6.10 Å². The zero-order chi connectivity index (χ0) is 19.9. The Hall–Kier alpha value is -2.56. The normalized spacial score (nSPS) is 12.3. The highest BCUT2D eigenvalue weighted by Gasteiger charge is 2.19. The summed E-state index contributed by atoms with van der Waals surface area (Å²) in [4.78, 5) is 12.3. The van der Waals surface area contributed by atoms with Crippen LogP contribution < -0.4 is 14.8 Å². The third-order valence-corrected chi connectivity index (χ3v) is 4.11. The van der Waals surface area contributed by atoms with Gasteiger partial charge in [-0.1, -0.05) is 45.9 Å². The predicted molar refractivity (Wildman–Crippen MR) is 105 cm³/mol. The number of rotatable bonds is 8. The Morgan fingerprint density at radius 2 is 1.78 bits per heavy atom. The number of benzene rings is 2. The second-order valence-corrected chi connectivity index (χ2v) is 7.35. The first kappa shape index (κ1) is 20.7. The van der Waals surface area contributed by atoms with Crippen LogP contribution in [-0.2, 0) is 10.2 Å². The van der Waals surface area contributed by atoms with Crippen molar-refractivity contribution in [2.24, 2.45) is 0 Å². The number of ether oxygens (including phenoxy) is 2. The molecule has 5 heteroatoms. The fraction of sp³-hybridized carbons (Fsp3) is 0.409. The van der Waals surface area contributed by atoms with E-state index in [2.05, 4.69) is 32.2 Å². The number of carbonyl (C=O) groups is 1. The lowest BCUT2D eigenvalue weighted by Crippen LogP contribution is -2.39. The number of carbonyl (C=O) groups excluding carboxylic acids is 1. The van der Waals surface area contributed by atoms with E-state index in [1.165, 1.54) is 24.3 Å². The van der Waals surface area contributed by atoms with Crippen LogP contribution in [0, 0.1) is 5.82 Å². The van der Waals surface area contributed by atoms with Crippen LogP contribution >= 0.6 is 0 Å². The summed E-state index contributed by atoms with van der Waals surface area (Å²) in [7, 11) is 0. The van der Waals surface area contributed by atoms with Gasteiger partial charge in [-0.2, -0.15) is 0 Å². The number of hydrogen-bond acceptors (Lipinski definition) is 3. The quantitative estimate of drug-likeness (QED) is 0.694. The van der Waals surface area contributed by atoms with Crippen molar-refractivity contribution in [2.75, 3.05) is 13.2 Å². The molecule has 0 fully saturated rings. The van der Waals surface area contributed by atoms with Crippen LogP contribution in [0.3, 0.4) is 0 Å². The summed E-state index contributed by atoms with van der Waals surface area (Å²) in [6.07, 6.45) is -0.117. The minimum Gasteiger partial charge on any atom is -0.491 e. The van der Waals surface area contributed by atoms with Gasteiger partial charge in [0.25, 0.3) is 5.91 Å². The van der Waals surface area contributed by atoms with Crippen molar-refractivity contribution >= 4 is 5.91 Å². The molecule has 2 aromatic carbocycles. The van der Waals surface area contributed by atoms with E-state index in [0.717, 1.165) is 11.3 Å². The number of halogens is 1. The van der Waals surface area contributed by atoms with Crippen LogP contribution in [0.25, 0.3) is 0 Å². The van der Waals surface area contributed by atoms with Gasteiger partial charge >= 0.3 is 0 Å². The topological polar surface area (TPSA) is 47.6 Å². The summed E-state index contributed by atoms with van der Waals surface area (Å²) in [5, 5.41) is 2.83. The number of nitrogens with one attached hydrogen (secondary N) is 1. The molecule has 27 heavy (non-hydrogen) atoms. The van der Waals surface area contributed by atoms with E-state index in [-0.39, 0.29) is 17.1 Å². The molecule has 1 unspecified atom stereocenters. The summed E-state index contributed by atoms with van der Waals surface area (Å²) in [6, 6.07) is 13.6. The van der Waals surface area contributed by atoms with Crippen LogP contribution in [-0.4, -0.2) is 25.2 Å². The first-order valence-corrected chi connectivity index (χ1v) is 9.23. The van der Waals surface area contributed by atoms with E-state index in [4.69, 9.17) is 9.47 Å². The minimum atomic E-state index is -0.627. The summed E-state index contributed by atoms with van der Waals surface area (Å²) in [5.74, 6) is 0.740. The van der Waals surface area contributed by atoms with Gasteiger partial charge in [-0.3, -0.25) is 4.79 Å². The molecule has 0 aliphatic rings. The molecule has 1 atom stereocenters. The van der Waals surface area contributed by atoms with Crippen molar-refractivity contribution in [3.05, 3.63) is 59.9 Å². The average Bonchev–Trinajstić information content (AvgIpc) is 2.64. The molecule has 1 amide bonds. The Morgan fingerprint density at radius 3 is 2.41 bits per heavy atom. The SMILES string of the molecule is CCC(Oc1ccc(F)cc1)C(=O)NCCOc1ccccc1C(C)(C)C. The third kappa shape index (κ3) is 6.27. The van der Waals surface area contributed by atoms with Crippen LogP contribution in [0.15, 0.2) is 48.5 Å². The lowest BCUT2D eigenvalue weighted by molar-refractivity contribution is -0.128. The van der Waals surface area contributed by atoms with Crippen molar-refractivity contribution in [3.63, 3.8) is 0 Å². The number of para-hydroxylation sites is 1. The molecular weight excluding hydrogens is 345 g/mol. The van der Waals surface area contributed by atoms with Crippen LogP contribution in [0.5, 0.6) is 11.5 Å². The maximum Gasteiger partial charge on any atom is 0.261 e. The minimum absolute atomic E-state index is 0.0177. The van der Waals surface area contributed by atoms with Crippen molar-refractivity contribution in [1.82, 2.24) is 5.32 Å². The maximum atomic E-state index is 13.0. The molecule has 4 nitrogen and oxygen atoms in total. The molecule has 0 aliphatic heterocycles. The summed E-state index contributed by atoms with van der Waals surface area (Å²) < 4.78 is 24.5. The van der Waals surface area contributed by atoms with E-state index in [9.17, 15) is 9.18 Å². The van der Waals surface area contributed by atoms with E-state index in [1.54, 1.807) is 0 Å². The fourth-order valence-electron chi connectivity index (χ4n) is 2.66. The highest BCUT2D eigenvalue weighted by molar-refractivity contribution is 5.81. The van der Waals surface area contributed by atoms with Gasteiger partial charge in [0.2, 0.25) is 0 Å². The Bertz CT molecular complexity index is 738. The second-order valence-electron chi connectivity index (χ2n) is 7.35. The van der Waals surface area contributed by atoms with Gasteiger partial charge in [0, 0.05) is 0 Å². The predicted octanol–water partition coefficient (Wildman–Crippen LogP) is 4.48. The van der Waals surface area contributed by atoms with Crippen molar-refractivity contribution in [1.29, 1.82) is 0 Å². The van der Waals surface area contributed by atoms with E-state index >= 15 is 0 Å². The Kier molecular flexibility index (Phi) is 7.22. The van der Waals surface area contributed by atoms with E-state index < -0.39 is 6.10 Å². The molecule has 146 valence electrons. The first-order valence-electron chi connectivity index (χ1n) is 9.23. The molecule has 0 radical (unpaired) electrons. The lowest BCUT2D eigenvalue weighted by Gasteiger charge is -2.23. The zero-order valence-electron chi connectivity index (χ0n) is 16.4. The zero-order valence-corrected chi connectivity index (χ0v) is 16.4. The van der Waals surface area contributed by atoms with Gasteiger partial charge in [-0.05, 0) is 47.7 Å². The fourth-order valence-corrected chi connectivity index (χ4v) is 2.66. The summed E-state index contributed by atoms with van der Waals surface area (Å²) >= 11 is 0. The molecular formula is C22H28FNO3. The molecule has 0 spiro atoms. The Labute approximate surface area is 160 Å². The van der Waals surface area contributed by atoms with Crippen molar-refractivity contribution in [3.8, 4) is 11.5 Å². The molecule has 2 aromatic rings. The standard InChI is InChI=1S/C22H28FNO3/c1-5-19(27-17-12-10-16(23)11-13-17)21(25)24-14-15-26-20-9-7-6-8-18(20)22(2,3)4/h6-13,19H,5,14-15H2,1-4H3,(H,24,25). The molecule has 0 aliphatic carbocycles. The maximum absolute atomic E-state index is 13.0. The molecule has 2 rings (SSSR count). The molecule has 0 bridgehead atoms. The van der Waals surface area contributed by atoms with Crippen LogP contribution in [0.2, 0.25) is 0 Å².